The van der Waals surface area contributed by atoms with E-state index in [2.05, 4.69) is 32.6 Å². The van der Waals surface area contributed by atoms with Gasteiger partial charge in [0.15, 0.2) is 0 Å². The molecule has 1 aromatic heterocycles. The standard InChI is InChI=1S/C13H11IN2O2/c1-2-18-13(17)10-7-15-8-16-12(10)9-5-3-4-6-11(9)14/h3-8H,2H2,1H3. The van der Waals surface area contributed by atoms with Crippen LogP contribution in [0, 0.1) is 3.57 Å². The van der Waals surface area contributed by atoms with Gasteiger partial charge in [0.25, 0.3) is 0 Å². The first-order valence-electron chi connectivity index (χ1n) is 5.46. The van der Waals surface area contributed by atoms with Gasteiger partial charge < -0.3 is 4.74 Å². The second-order valence-electron chi connectivity index (χ2n) is 3.49. The van der Waals surface area contributed by atoms with E-state index in [1.807, 2.05) is 24.3 Å². The molecule has 0 saturated heterocycles. The molecule has 0 spiro atoms. The molecule has 0 radical (unpaired) electrons. The molecule has 0 unspecified atom stereocenters. The Kier molecular flexibility index (Phi) is 4.24. The smallest absolute Gasteiger partial charge is 0.341 e. The molecule has 0 bridgehead atoms. The fourth-order valence-corrected chi connectivity index (χ4v) is 2.20. The lowest BCUT2D eigenvalue weighted by Gasteiger charge is -2.08. The van der Waals surface area contributed by atoms with Crippen molar-refractivity contribution in [2.75, 3.05) is 6.61 Å². The van der Waals surface area contributed by atoms with Gasteiger partial charge in [0.1, 0.15) is 11.9 Å². The van der Waals surface area contributed by atoms with Gasteiger partial charge in [-0.3, -0.25) is 0 Å². The lowest BCUT2D eigenvalue weighted by molar-refractivity contribution is 0.0526. The van der Waals surface area contributed by atoms with Crippen molar-refractivity contribution in [3.05, 3.63) is 45.9 Å². The summed E-state index contributed by atoms with van der Waals surface area (Å²) >= 11 is 2.21. The number of aromatic nitrogens is 2. The van der Waals surface area contributed by atoms with Crippen molar-refractivity contribution < 1.29 is 9.53 Å². The minimum absolute atomic E-state index is 0.332. The van der Waals surface area contributed by atoms with Crippen LogP contribution in [0.1, 0.15) is 17.3 Å². The van der Waals surface area contributed by atoms with Gasteiger partial charge in [-0.2, -0.15) is 0 Å². The molecule has 0 aliphatic rings. The Balaban J connectivity index is 2.52. The van der Waals surface area contributed by atoms with Gasteiger partial charge in [0, 0.05) is 15.3 Å². The summed E-state index contributed by atoms with van der Waals surface area (Å²) in [5.74, 6) is -0.396. The van der Waals surface area contributed by atoms with E-state index in [4.69, 9.17) is 4.74 Å². The van der Waals surface area contributed by atoms with Gasteiger partial charge >= 0.3 is 5.97 Å². The Morgan fingerprint density at radius 1 is 1.39 bits per heavy atom. The molecule has 92 valence electrons. The van der Waals surface area contributed by atoms with Crippen molar-refractivity contribution in [3.8, 4) is 11.3 Å². The Bertz CT molecular complexity index is 572. The number of hydrogen-bond donors (Lipinski definition) is 0. The molecule has 0 amide bonds. The van der Waals surface area contributed by atoms with Crippen molar-refractivity contribution in [2.24, 2.45) is 0 Å². The summed E-state index contributed by atoms with van der Waals surface area (Å²) in [5.41, 5.74) is 1.90. The molecule has 0 aliphatic heterocycles. The van der Waals surface area contributed by atoms with Crippen LogP contribution >= 0.6 is 22.6 Å². The third-order valence-electron chi connectivity index (χ3n) is 2.34. The highest BCUT2D eigenvalue weighted by Gasteiger charge is 2.16. The number of carbonyl (C=O) groups excluding carboxylic acids is 1. The van der Waals surface area contributed by atoms with Gasteiger partial charge in [0.05, 0.1) is 12.3 Å². The van der Waals surface area contributed by atoms with E-state index in [9.17, 15) is 4.79 Å². The summed E-state index contributed by atoms with van der Waals surface area (Å²) in [6, 6.07) is 7.74. The molecule has 0 atom stereocenters. The third-order valence-corrected chi connectivity index (χ3v) is 3.28. The topological polar surface area (TPSA) is 52.1 Å². The van der Waals surface area contributed by atoms with Crippen molar-refractivity contribution in [3.63, 3.8) is 0 Å². The van der Waals surface area contributed by atoms with E-state index in [0.29, 0.717) is 17.9 Å². The predicted molar refractivity (Wildman–Crippen MR) is 76.1 cm³/mol. The van der Waals surface area contributed by atoms with Gasteiger partial charge in [-0.25, -0.2) is 14.8 Å². The average molecular weight is 354 g/mol. The summed E-state index contributed by atoms with van der Waals surface area (Å²) in [5, 5.41) is 0. The summed E-state index contributed by atoms with van der Waals surface area (Å²) in [4.78, 5) is 19.9. The number of halogens is 1. The predicted octanol–water partition coefficient (Wildman–Crippen LogP) is 2.92. The molecule has 4 nitrogen and oxygen atoms in total. The van der Waals surface area contributed by atoms with E-state index in [1.165, 1.54) is 12.5 Å². The highest BCUT2D eigenvalue weighted by atomic mass is 127. The molecule has 2 rings (SSSR count). The first-order chi connectivity index (χ1) is 8.74. The van der Waals surface area contributed by atoms with Gasteiger partial charge in [-0.1, -0.05) is 18.2 Å². The zero-order valence-corrected chi connectivity index (χ0v) is 11.9. The average Bonchev–Trinajstić information content (AvgIpc) is 2.40. The highest BCUT2D eigenvalue weighted by molar-refractivity contribution is 14.1. The molecule has 0 saturated carbocycles. The van der Waals surface area contributed by atoms with E-state index < -0.39 is 5.97 Å². The lowest BCUT2D eigenvalue weighted by atomic mass is 10.1. The minimum atomic E-state index is -0.396. The van der Waals surface area contributed by atoms with Crippen LogP contribution in [0.5, 0.6) is 0 Å². The molecule has 0 aliphatic carbocycles. The molecule has 1 aromatic carbocycles. The van der Waals surface area contributed by atoms with Gasteiger partial charge in [-0.05, 0) is 35.6 Å². The van der Waals surface area contributed by atoms with E-state index in [1.54, 1.807) is 6.92 Å². The van der Waals surface area contributed by atoms with Crippen LogP contribution in [0.15, 0.2) is 36.8 Å². The summed E-state index contributed by atoms with van der Waals surface area (Å²) in [6.45, 7) is 2.10. The third kappa shape index (κ3) is 2.66. The summed E-state index contributed by atoms with van der Waals surface area (Å²) in [7, 11) is 0. The Labute approximate surface area is 119 Å². The summed E-state index contributed by atoms with van der Waals surface area (Å²) < 4.78 is 6.04. The monoisotopic (exact) mass is 354 g/mol. The second kappa shape index (κ2) is 5.90. The van der Waals surface area contributed by atoms with Crippen LogP contribution in [-0.4, -0.2) is 22.5 Å². The van der Waals surface area contributed by atoms with Crippen molar-refractivity contribution >= 4 is 28.6 Å². The second-order valence-corrected chi connectivity index (χ2v) is 4.65. The molecule has 2 aromatic rings. The lowest BCUT2D eigenvalue weighted by Crippen LogP contribution is -2.08. The van der Waals surface area contributed by atoms with Crippen LogP contribution in [0.2, 0.25) is 0 Å². The maximum Gasteiger partial charge on any atom is 0.341 e. The zero-order chi connectivity index (χ0) is 13.0. The van der Waals surface area contributed by atoms with Crippen LogP contribution in [0.4, 0.5) is 0 Å². The molecular formula is C13H11IN2O2. The first-order valence-corrected chi connectivity index (χ1v) is 6.54. The van der Waals surface area contributed by atoms with Crippen molar-refractivity contribution in [2.45, 2.75) is 6.92 Å². The minimum Gasteiger partial charge on any atom is -0.462 e. The highest BCUT2D eigenvalue weighted by Crippen LogP contribution is 2.26. The fraction of sp³-hybridized carbons (Fsp3) is 0.154. The number of carbonyl (C=O) groups is 1. The number of rotatable bonds is 3. The molecule has 1 heterocycles. The van der Waals surface area contributed by atoms with E-state index in [0.717, 1.165) is 9.13 Å². The Morgan fingerprint density at radius 3 is 2.89 bits per heavy atom. The van der Waals surface area contributed by atoms with Gasteiger partial charge in [0.2, 0.25) is 0 Å². The van der Waals surface area contributed by atoms with Crippen LogP contribution in [-0.2, 0) is 4.74 Å². The molecule has 18 heavy (non-hydrogen) atoms. The fourth-order valence-electron chi connectivity index (χ4n) is 1.56. The Hall–Kier alpha value is -1.50. The van der Waals surface area contributed by atoms with Gasteiger partial charge in [-0.15, -0.1) is 0 Å². The van der Waals surface area contributed by atoms with Crippen molar-refractivity contribution in [1.29, 1.82) is 0 Å². The van der Waals surface area contributed by atoms with Crippen molar-refractivity contribution in [1.82, 2.24) is 9.97 Å². The summed E-state index contributed by atoms with van der Waals surface area (Å²) in [6.07, 6.45) is 2.92. The molecular weight excluding hydrogens is 343 g/mol. The van der Waals surface area contributed by atoms with Crippen LogP contribution in [0.3, 0.4) is 0 Å². The molecule has 5 heteroatoms. The maximum absolute atomic E-state index is 11.8. The zero-order valence-electron chi connectivity index (χ0n) is 9.76. The number of ether oxygens (including phenoxy) is 1. The quantitative estimate of drug-likeness (QED) is 0.628. The first kappa shape index (κ1) is 12.9. The Morgan fingerprint density at radius 2 is 2.17 bits per heavy atom. The van der Waals surface area contributed by atoms with E-state index in [-0.39, 0.29) is 0 Å². The SMILES string of the molecule is CCOC(=O)c1cncnc1-c1ccccc1I. The van der Waals surface area contributed by atoms with Crippen LogP contribution < -0.4 is 0 Å². The molecule has 0 N–H and O–H groups in total. The normalized spacial score (nSPS) is 10.1. The number of esters is 1. The van der Waals surface area contributed by atoms with E-state index >= 15 is 0 Å². The number of benzene rings is 1. The van der Waals surface area contributed by atoms with Crippen LogP contribution in [0.25, 0.3) is 11.3 Å². The molecule has 0 fully saturated rings. The number of nitrogens with zero attached hydrogens (tertiary/aromatic N) is 2. The number of hydrogen-bond acceptors (Lipinski definition) is 4. The maximum atomic E-state index is 11.8. The largest absolute Gasteiger partial charge is 0.462 e.